The minimum absolute atomic E-state index is 0.189. The van der Waals surface area contributed by atoms with E-state index in [1.54, 1.807) is 6.07 Å². The Bertz CT molecular complexity index is 507. The van der Waals surface area contributed by atoms with E-state index in [0.717, 1.165) is 5.56 Å². The molecule has 1 aliphatic heterocycles. The van der Waals surface area contributed by atoms with E-state index in [-0.39, 0.29) is 17.0 Å². The summed E-state index contributed by atoms with van der Waals surface area (Å²) in [5.74, 6) is -0.277. The zero-order chi connectivity index (χ0) is 13.0. The fourth-order valence-corrected chi connectivity index (χ4v) is 2.83. The first-order chi connectivity index (χ1) is 7.67. The predicted octanol–water partition coefficient (Wildman–Crippen LogP) is 2.37. The lowest BCUT2D eigenvalue weighted by atomic mass is 9.89. The fraction of sp³-hybridized carbons (Fsp3) is 0.500. The first kappa shape index (κ1) is 11.9. The molecule has 1 aliphatic rings. The average Bonchev–Trinajstić information content (AvgIpc) is 2.31. The molecule has 17 heavy (non-hydrogen) atoms. The Hall–Kier alpha value is -1.62. The minimum Gasteiger partial charge on any atom is -0.502 e. The van der Waals surface area contributed by atoms with Gasteiger partial charge in [0.25, 0.3) is 0 Å². The van der Waals surface area contributed by atoms with Crippen LogP contribution in [0, 0.1) is 10.1 Å². The summed E-state index contributed by atoms with van der Waals surface area (Å²) in [6, 6.07) is 3.14. The van der Waals surface area contributed by atoms with Crippen LogP contribution in [0.4, 0.5) is 5.69 Å². The second-order valence-corrected chi connectivity index (χ2v) is 5.49. The maximum Gasteiger partial charge on any atom is 0.316 e. The van der Waals surface area contributed by atoms with Gasteiger partial charge >= 0.3 is 5.69 Å². The zero-order valence-corrected chi connectivity index (χ0v) is 10.4. The molecule has 0 unspecified atom stereocenters. The van der Waals surface area contributed by atoms with Gasteiger partial charge in [-0.25, -0.2) is 0 Å². The number of nitro benzene ring substituents is 1. The maximum absolute atomic E-state index is 11.1. The van der Waals surface area contributed by atoms with Crippen LogP contribution in [0.15, 0.2) is 12.1 Å². The summed E-state index contributed by atoms with van der Waals surface area (Å²) in [6.45, 7) is 7.71. The molecule has 0 atom stereocenters. The minimum atomic E-state index is -0.528. The molecule has 0 fully saturated rings. The standard InChI is InChI=1S/C12H16N2O3/c1-11(2)7-5-6-8(15)10(14(16)17)9(7)12(3,4)13-11/h5-6,13,15H,1-4H3. The van der Waals surface area contributed by atoms with E-state index in [0.29, 0.717) is 5.56 Å². The molecule has 2 rings (SSSR count). The van der Waals surface area contributed by atoms with Crippen LogP contribution in [0.25, 0.3) is 0 Å². The summed E-state index contributed by atoms with van der Waals surface area (Å²) >= 11 is 0. The van der Waals surface area contributed by atoms with Gasteiger partial charge in [0.1, 0.15) is 0 Å². The van der Waals surface area contributed by atoms with Gasteiger partial charge in [-0.1, -0.05) is 6.07 Å². The Morgan fingerprint density at radius 1 is 1.24 bits per heavy atom. The van der Waals surface area contributed by atoms with Crippen LogP contribution in [-0.4, -0.2) is 10.0 Å². The normalized spacial score (nSPS) is 20.0. The van der Waals surface area contributed by atoms with Crippen LogP contribution in [-0.2, 0) is 11.1 Å². The Morgan fingerprint density at radius 2 is 1.82 bits per heavy atom. The van der Waals surface area contributed by atoms with Gasteiger partial charge < -0.3 is 5.11 Å². The Labute approximate surface area is 99.6 Å². The fourth-order valence-electron chi connectivity index (χ4n) is 2.83. The number of rotatable bonds is 1. The van der Waals surface area contributed by atoms with Gasteiger partial charge in [0.2, 0.25) is 0 Å². The molecule has 5 nitrogen and oxygen atoms in total. The summed E-state index contributed by atoms with van der Waals surface area (Å²) < 4.78 is 0. The van der Waals surface area contributed by atoms with Gasteiger partial charge in [-0.05, 0) is 39.3 Å². The van der Waals surface area contributed by atoms with Crippen LogP contribution in [0.3, 0.4) is 0 Å². The number of hydrogen-bond donors (Lipinski definition) is 2. The van der Waals surface area contributed by atoms with E-state index in [4.69, 9.17) is 0 Å². The van der Waals surface area contributed by atoms with Crippen LogP contribution in [0.2, 0.25) is 0 Å². The molecule has 0 saturated heterocycles. The number of phenolic OH excluding ortho intramolecular Hbond substituents is 1. The molecule has 5 heteroatoms. The molecule has 0 aliphatic carbocycles. The third-order valence-corrected chi connectivity index (χ3v) is 3.26. The lowest BCUT2D eigenvalue weighted by molar-refractivity contribution is -0.387. The van der Waals surface area contributed by atoms with Crippen LogP contribution >= 0.6 is 0 Å². The second kappa shape index (κ2) is 3.20. The van der Waals surface area contributed by atoms with Crippen molar-refractivity contribution in [3.63, 3.8) is 0 Å². The summed E-state index contributed by atoms with van der Waals surface area (Å²) in [4.78, 5) is 10.6. The molecule has 0 bridgehead atoms. The highest BCUT2D eigenvalue weighted by Crippen LogP contribution is 2.48. The molecule has 1 heterocycles. The van der Waals surface area contributed by atoms with Crippen LogP contribution in [0.5, 0.6) is 5.75 Å². The molecule has 0 spiro atoms. The van der Waals surface area contributed by atoms with Crippen molar-refractivity contribution in [2.24, 2.45) is 0 Å². The third kappa shape index (κ3) is 1.58. The molecule has 1 aromatic rings. The van der Waals surface area contributed by atoms with Gasteiger partial charge in [0.15, 0.2) is 5.75 Å². The SMILES string of the molecule is CC1(C)NC(C)(C)c2c1ccc(O)c2[N+](=O)[O-]. The van der Waals surface area contributed by atoms with Crippen molar-refractivity contribution in [2.45, 2.75) is 38.8 Å². The van der Waals surface area contributed by atoms with E-state index in [9.17, 15) is 15.2 Å². The highest BCUT2D eigenvalue weighted by molar-refractivity contribution is 5.62. The molecule has 0 amide bonds. The monoisotopic (exact) mass is 236 g/mol. The van der Waals surface area contributed by atoms with Gasteiger partial charge in [-0.15, -0.1) is 0 Å². The van der Waals surface area contributed by atoms with Crippen LogP contribution < -0.4 is 5.32 Å². The molecule has 1 aromatic carbocycles. The molecule has 0 aromatic heterocycles. The van der Waals surface area contributed by atoms with Crippen molar-refractivity contribution in [1.82, 2.24) is 5.32 Å². The number of fused-ring (bicyclic) bond motifs is 1. The number of benzene rings is 1. The van der Waals surface area contributed by atoms with Crippen molar-refractivity contribution in [2.75, 3.05) is 0 Å². The number of hydrogen-bond acceptors (Lipinski definition) is 4. The predicted molar refractivity (Wildman–Crippen MR) is 63.9 cm³/mol. The second-order valence-electron chi connectivity index (χ2n) is 5.49. The smallest absolute Gasteiger partial charge is 0.316 e. The maximum atomic E-state index is 11.1. The molecule has 0 saturated carbocycles. The van der Waals surface area contributed by atoms with Crippen LogP contribution in [0.1, 0.15) is 38.8 Å². The molecule has 92 valence electrons. The van der Waals surface area contributed by atoms with Gasteiger partial charge in [0.05, 0.1) is 10.5 Å². The number of nitrogens with one attached hydrogen (secondary N) is 1. The van der Waals surface area contributed by atoms with Gasteiger partial charge in [0, 0.05) is 11.1 Å². The highest BCUT2D eigenvalue weighted by atomic mass is 16.6. The van der Waals surface area contributed by atoms with E-state index >= 15 is 0 Å². The molecular formula is C12H16N2O3. The Balaban J connectivity index is 2.83. The van der Waals surface area contributed by atoms with E-state index in [1.807, 2.05) is 27.7 Å². The average molecular weight is 236 g/mol. The largest absolute Gasteiger partial charge is 0.502 e. The number of phenols is 1. The zero-order valence-electron chi connectivity index (χ0n) is 10.4. The van der Waals surface area contributed by atoms with Crippen molar-refractivity contribution in [3.8, 4) is 5.75 Å². The van der Waals surface area contributed by atoms with E-state index in [2.05, 4.69) is 5.32 Å². The summed E-state index contributed by atoms with van der Waals surface area (Å²) in [5, 5.41) is 24.1. The first-order valence-corrected chi connectivity index (χ1v) is 5.47. The topological polar surface area (TPSA) is 75.4 Å². The van der Waals surface area contributed by atoms with E-state index < -0.39 is 10.5 Å². The Kier molecular flexibility index (Phi) is 2.23. The van der Waals surface area contributed by atoms with E-state index in [1.165, 1.54) is 6.07 Å². The molecule has 0 radical (unpaired) electrons. The summed E-state index contributed by atoms with van der Waals surface area (Å²) in [5.41, 5.74) is 0.391. The quantitative estimate of drug-likeness (QED) is 0.579. The summed E-state index contributed by atoms with van der Waals surface area (Å²) in [7, 11) is 0. The first-order valence-electron chi connectivity index (χ1n) is 5.47. The molecule has 2 N–H and O–H groups in total. The lowest BCUT2D eigenvalue weighted by Gasteiger charge is -2.25. The molecular weight excluding hydrogens is 220 g/mol. The number of nitrogens with zero attached hydrogens (tertiary/aromatic N) is 1. The number of aromatic hydroxyl groups is 1. The van der Waals surface area contributed by atoms with Crippen molar-refractivity contribution in [3.05, 3.63) is 33.4 Å². The summed E-state index contributed by atoms with van der Waals surface area (Å²) in [6.07, 6.45) is 0. The third-order valence-electron chi connectivity index (χ3n) is 3.26. The van der Waals surface area contributed by atoms with Crippen molar-refractivity contribution >= 4 is 5.69 Å². The lowest BCUT2D eigenvalue weighted by Crippen LogP contribution is -2.40. The van der Waals surface area contributed by atoms with Crippen molar-refractivity contribution < 1.29 is 10.0 Å². The highest BCUT2D eigenvalue weighted by Gasteiger charge is 2.46. The van der Waals surface area contributed by atoms with Crippen molar-refractivity contribution in [1.29, 1.82) is 0 Å². The number of nitro groups is 1. The van der Waals surface area contributed by atoms with Gasteiger partial charge in [-0.2, -0.15) is 0 Å². The van der Waals surface area contributed by atoms with Gasteiger partial charge in [-0.3, -0.25) is 15.4 Å². The Morgan fingerprint density at radius 3 is 2.35 bits per heavy atom.